The van der Waals surface area contributed by atoms with Crippen molar-refractivity contribution in [3.05, 3.63) is 59.4 Å². The van der Waals surface area contributed by atoms with Gasteiger partial charge in [0.15, 0.2) is 0 Å². The number of ketones is 1. The van der Waals surface area contributed by atoms with Crippen molar-refractivity contribution in [2.75, 3.05) is 7.11 Å². The molecule has 0 N–H and O–H groups in total. The van der Waals surface area contributed by atoms with E-state index in [2.05, 4.69) is 11.1 Å². The van der Waals surface area contributed by atoms with Gasteiger partial charge in [-0.1, -0.05) is 12.1 Å². The summed E-state index contributed by atoms with van der Waals surface area (Å²) in [4.78, 5) is 16.4. The number of carbonyl (C=O) groups excluding carboxylic acids is 1. The predicted molar refractivity (Wildman–Crippen MR) is 77.0 cm³/mol. The van der Waals surface area contributed by atoms with E-state index in [0.717, 1.165) is 29.7 Å². The third-order valence-corrected chi connectivity index (χ3v) is 3.92. The van der Waals surface area contributed by atoms with Crippen LogP contribution < -0.4 is 4.74 Å². The van der Waals surface area contributed by atoms with Gasteiger partial charge in [-0.2, -0.15) is 0 Å². The number of fused-ring (bicyclic) bond motifs is 1. The van der Waals surface area contributed by atoms with Crippen LogP contribution in [-0.4, -0.2) is 17.9 Å². The first-order valence-corrected chi connectivity index (χ1v) is 6.86. The van der Waals surface area contributed by atoms with Gasteiger partial charge < -0.3 is 4.74 Å². The summed E-state index contributed by atoms with van der Waals surface area (Å²) in [6.07, 6.45) is 5.75. The minimum Gasteiger partial charge on any atom is -0.497 e. The van der Waals surface area contributed by atoms with Gasteiger partial charge in [0.25, 0.3) is 0 Å². The number of aromatic nitrogens is 1. The highest BCUT2D eigenvalue weighted by Gasteiger charge is 2.27. The monoisotopic (exact) mass is 267 g/mol. The Hall–Kier alpha value is -2.16. The van der Waals surface area contributed by atoms with Gasteiger partial charge in [0.2, 0.25) is 0 Å². The lowest BCUT2D eigenvalue weighted by Gasteiger charge is -2.25. The number of Topliss-reactive ketones (excluding diaryl/α,β-unsaturated/α-hetero) is 1. The molecule has 0 bridgehead atoms. The lowest BCUT2D eigenvalue weighted by Crippen LogP contribution is -2.22. The number of methoxy groups -OCH3 is 1. The van der Waals surface area contributed by atoms with Crippen LogP contribution in [0.2, 0.25) is 0 Å². The summed E-state index contributed by atoms with van der Waals surface area (Å²) in [5.74, 6) is 1.14. The van der Waals surface area contributed by atoms with Gasteiger partial charge in [-0.15, -0.1) is 0 Å². The van der Waals surface area contributed by atoms with Crippen LogP contribution >= 0.6 is 0 Å². The molecular formula is C17H17NO2. The van der Waals surface area contributed by atoms with E-state index >= 15 is 0 Å². The van der Waals surface area contributed by atoms with E-state index in [-0.39, 0.29) is 5.92 Å². The summed E-state index contributed by atoms with van der Waals surface area (Å²) in [7, 11) is 1.67. The highest BCUT2D eigenvalue weighted by Crippen LogP contribution is 2.33. The van der Waals surface area contributed by atoms with Crippen LogP contribution in [0.5, 0.6) is 5.75 Å². The zero-order chi connectivity index (χ0) is 13.9. The van der Waals surface area contributed by atoms with Crippen LogP contribution in [0.3, 0.4) is 0 Å². The standard InChI is InChI=1S/C17H17NO2/c1-20-14-5-6-15-13(10-14)4-7-17(19)16(15)9-12-3-2-8-18-11-12/h2-3,5-6,8,10-11,16H,4,7,9H2,1H3. The Morgan fingerprint density at radius 2 is 2.20 bits per heavy atom. The smallest absolute Gasteiger partial charge is 0.141 e. The Morgan fingerprint density at radius 3 is 2.95 bits per heavy atom. The van der Waals surface area contributed by atoms with E-state index < -0.39 is 0 Å². The van der Waals surface area contributed by atoms with Crippen LogP contribution in [0.1, 0.15) is 29.0 Å². The van der Waals surface area contributed by atoms with Gasteiger partial charge in [0, 0.05) is 24.7 Å². The zero-order valence-electron chi connectivity index (χ0n) is 11.5. The molecule has 0 radical (unpaired) electrons. The predicted octanol–water partition coefficient (Wildman–Crippen LogP) is 2.93. The molecule has 1 aromatic heterocycles. The molecule has 3 rings (SSSR count). The maximum atomic E-state index is 12.3. The SMILES string of the molecule is COc1ccc2c(c1)CCC(=O)C2Cc1cccnc1. The Morgan fingerprint density at radius 1 is 1.30 bits per heavy atom. The molecule has 3 heteroatoms. The van der Waals surface area contributed by atoms with Crippen molar-refractivity contribution in [3.8, 4) is 5.75 Å². The first-order chi connectivity index (χ1) is 9.78. The molecular weight excluding hydrogens is 250 g/mol. The van der Waals surface area contributed by atoms with E-state index in [0.29, 0.717) is 12.2 Å². The summed E-state index contributed by atoms with van der Waals surface area (Å²) < 4.78 is 5.27. The molecule has 2 aromatic rings. The number of pyridine rings is 1. The fourth-order valence-electron chi connectivity index (χ4n) is 2.85. The number of nitrogens with zero attached hydrogens (tertiary/aromatic N) is 1. The molecule has 0 aliphatic heterocycles. The molecule has 1 aromatic carbocycles. The van der Waals surface area contributed by atoms with Crippen LogP contribution in [-0.2, 0) is 17.6 Å². The van der Waals surface area contributed by atoms with Gasteiger partial charge in [-0.3, -0.25) is 9.78 Å². The number of aryl methyl sites for hydroxylation is 1. The van der Waals surface area contributed by atoms with Crippen molar-refractivity contribution >= 4 is 5.78 Å². The third kappa shape index (κ3) is 2.44. The van der Waals surface area contributed by atoms with E-state index in [9.17, 15) is 4.79 Å². The van der Waals surface area contributed by atoms with E-state index in [1.54, 1.807) is 13.3 Å². The fourth-order valence-corrected chi connectivity index (χ4v) is 2.85. The Kier molecular flexibility index (Phi) is 3.50. The van der Waals surface area contributed by atoms with E-state index in [1.807, 2.05) is 30.5 Å². The largest absolute Gasteiger partial charge is 0.497 e. The molecule has 0 saturated carbocycles. The summed E-state index contributed by atoms with van der Waals surface area (Å²) in [5.41, 5.74) is 3.48. The lowest BCUT2D eigenvalue weighted by molar-refractivity contribution is -0.120. The van der Waals surface area contributed by atoms with Crippen LogP contribution in [0.4, 0.5) is 0 Å². The van der Waals surface area contributed by atoms with Crippen molar-refractivity contribution < 1.29 is 9.53 Å². The van der Waals surface area contributed by atoms with Gasteiger partial charge in [0.05, 0.1) is 7.11 Å². The van der Waals surface area contributed by atoms with Crippen molar-refractivity contribution in [2.24, 2.45) is 0 Å². The number of ether oxygens (including phenoxy) is 1. The first kappa shape index (κ1) is 12.9. The number of hydrogen-bond acceptors (Lipinski definition) is 3. The van der Waals surface area contributed by atoms with Crippen molar-refractivity contribution in [1.82, 2.24) is 4.98 Å². The Labute approximate surface area is 118 Å². The average molecular weight is 267 g/mol. The molecule has 3 nitrogen and oxygen atoms in total. The normalized spacial score (nSPS) is 17.6. The van der Waals surface area contributed by atoms with Crippen LogP contribution in [0.25, 0.3) is 0 Å². The quantitative estimate of drug-likeness (QED) is 0.858. The van der Waals surface area contributed by atoms with Gasteiger partial charge in [0.1, 0.15) is 11.5 Å². The minimum absolute atomic E-state index is 0.0474. The van der Waals surface area contributed by atoms with Crippen molar-refractivity contribution in [1.29, 1.82) is 0 Å². The molecule has 1 aliphatic rings. The topological polar surface area (TPSA) is 39.2 Å². The Balaban J connectivity index is 1.93. The molecule has 102 valence electrons. The third-order valence-electron chi connectivity index (χ3n) is 3.92. The first-order valence-electron chi connectivity index (χ1n) is 6.86. The lowest BCUT2D eigenvalue weighted by atomic mass is 9.79. The molecule has 0 spiro atoms. The van der Waals surface area contributed by atoms with E-state index in [1.165, 1.54) is 5.56 Å². The number of hydrogen-bond donors (Lipinski definition) is 0. The minimum atomic E-state index is -0.0474. The fraction of sp³-hybridized carbons (Fsp3) is 0.294. The second kappa shape index (κ2) is 5.45. The van der Waals surface area contributed by atoms with Crippen LogP contribution in [0.15, 0.2) is 42.7 Å². The zero-order valence-corrected chi connectivity index (χ0v) is 11.5. The molecule has 0 fully saturated rings. The highest BCUT2D eigenvalue weighted by atomic mass is 16.5. The van der Waals surface area contributed by atoms with Crippen LogP contribution in [0, 0.1) is 0 Å². The second-order valence-corrected chi connectivity index (χ2v) is 5.15. The molecule has 20 heavy (non-hydrogen) atoms. The molecule has 0 saturated heterocycles. The van der Waals surface area contributed by atoms with Gasteiger partial charge in [-0.25, -0.2) is 0 Å². The van der Waals surface area contributed by atoms with Crippen molar-refractivity contribution in [3.63, 3.8) is 0 Å². The second-order valence-electron chi connectivity index (χ2n) is 5.15. The van der Waals surface area contributed by atoms with Gasteiger partial charge in [-0.05, 0) is 47.7 Å². The molecule has 0 amide bonds. The van der Waals surface area contributed by atoms with E-state index in [4.69, 9.17) is 4.74 Å². The molecule has 1 unspecified atom stereocenters. The summed E-state index contributed by atoms with van der Waals surface area (Å²) in [6.45, 7) is 0. The summed E-state index contributed by atoms with van der Waals surface area (Å²) in [6, 6.07) is 9.97. The van der Waals surface area contributed by atoms with Crippen molar-refractivity contribution in [2.45, 2.75) is 25.2 Å². The number of benzene rings is 1. The maximum Gasteiger partial charge on any atom is 0.141 e. The molecule has 1 aliphatic carbocycles. The van der Waals surface area contributed by atoms with Gasteiger partial charge >= 0.3 is 0 Å². The number of carbonyl (C=O) groups is 1. The summed E-state index contributed by atoms with van der Waals surface area (Å²) in [5, 5.41) is 0. The average Bonchev–Trinajstić information content (AvgIpc) is 2.50. The Bertz CT molecular complexity index is 622. The highest BCUT2D eigenvalue weighted by molar-refractivity contribution is 5.88. The molecule has 1 heterocycles. The number of rotatable bonds is 3. The molecule has 1 atom stereocenters. The maximum absolute atomic E-state index is 12.3. The summed E-state index contributed by atoms with van der Waals surface area (Å²) >= 11 is 0.